The zero-order valence-electron chi connectivity index (χ0n) is 8.52. The second-order valence-electron chi connectivity index (χ2n) is 3.32. The van der Waals surface area contributed by atoms with Crippen LogP contribution in [0.15, 0.2) is 6.07 Å². The maximum atomic E-state index is 10.9. The molecule has 5 nitrogen and oxygen atoms in total. The van der Waals surface area contributed by atoms with Crippen LogP contribution in [0, 0.1) is 6.92 Å². The number of pyridine rings is 1. The quantitative estimate of drug-likeness (QED) is 0.877. The van der Waals surface area contributed by atoms with E-state index in [2.05, 4.69) is 4.98 Å². The molecular weight excluding hydrogens is 266 g/mol. The number of aromatic carboxylic acids is 2. The van der Waals surface area contributed by atoms with Crippen LogP contribution >= 0.6 is 22.9 Å². The molecule has 0 fully saturated rings. The first-order valence-corrected chi connectivity index (χ1v) is 5.67. The molecule has 0 spiro atoms. The fraction of sp³-hybridized carbons (Fsp3) is 0.100. The number of thiophene rings is 1. The summed E-state index contributed by atoms with van der Waals surface area (Å²) in [5.41, 5.74) is -0.826. The van der Waals surface area contributed by atoms with E-state index < -0.39 is 17.6 Å². The number of aryl methyl sites for hydroxylation is 1. The summed E-state index contributed by atoms with van der Waals surface area (Å²) in [6.45, 7) is 1.76. The minimum absolute atomic E-state index is 0.357. The summed E-state index contributed by atoms with van der Waals surface area (Å²) >= 11 is 7.21. The third kappa shape index (κ3) is 1.85. The van der Waals surface area contributed by atoms with Crippen molar-refractivity contribution in [2.24, 2.45) is 0 Å². The van der Waals surface area contributed by atoms with E-state index in [-0.39, 0.29) is 5.56 Å². The molecule has 0 saturated heterocycles. The highest BCUT2D eigenvalue weighted by molar-refractivity contribution is 7.19. The highest BCUT2D eigenvalue weighted by Crippen LogP contribution is 2.34. The Kier molecular flexibility index (Phi) is 2.76. The van der Waals surface area contributed by atoms with Crippen LogP contribution in [0.2, 0.25) is 5.02 Å². The van der Waals surface area contributed by atoms with Gasteiger partial charge in [-0.2, -0.15) is 0 Å². The summed E-state index contributed by atoms with van der Waals surface area (Å²) in [6.07, 6.45) is 0. The van der Waals surface area contributed by atoms with Crippen molar-refractivity contribution in [3.05, 3.63) is 27.2 Å². The fourth-order valence-electron chi connectivity index (χ4n) is 1.44. The SMILES string of the molecule is Cc1sc2nc(C(=O)O)c(C(=O)O)cc2c1Cl. The first-order valence-electron chi connectivity index (χ1n) is 4.48. The topological polar surface area (TPSA) is 87.5 Å². The zero-order valence-corrected chi connectivity index (χ0v) is 10.1. The molecule has 0 aromatic carbocycles. The van der Waals surface area contributed by atoms with Crippen LogP contribution in [-0.4, -0.2) is 27.1 Å². The Balaban J connectivity index is 2.86. The third-order valence-electron chi connectivity index (χ3n) is 2.22. The van der Waals surface area contributed by atoms with Crippen molar-refractivity contribution < 1.29 is 19.8 Å². The summed E-state index contributed by atoms with van der Waals surface area (Å²) in [5.74, 6) is -2.71. The number of aromatic nitrogens is 1. The molecule has 7 heteroatoms. The molecule has 0 unspecified atom stereocenters. The van der Waals surface area contributed by atoms with Crippen LogP contribution in [0.5, 0.6) is 0 Å². The van der Waals surface area contributed by atoms with E-state index in [0.717, 1.165) is 4.88 Å². The molecule has 2 N–H and O–H groups in total. The number of hydrogen-bond donors (Lipinski definition) is 2. The minimum Gasteiger partial charge on any atom is -0.478 e. The van der Waals surface area contributed by atoms with Crippen LogP contribution in [0.3, 0.4) is 0 Å². The smallest absolute Gasteiger partial charge is 0.355 e. The first-order chi connectivity index (χ1) is 7.91. The van der Waals surface area contributed by atoms with E-state index in [9.17, 15) is 9.59 Å². The summed E-state index contributed by atoms with van der Waals surface area (Å²) in [4.78, 5) is 26.9. The van der Waals surface area contributed by atoms with Gasteiger partial charge in [0, 0.05) is 10.3 Å². The third-order valence-corrected chi connectivity index (χ3v) is 3.83. The normalized spacial score (nSPS) is 10.7. The molecule has 0 aliphatic carbocycles. The maximum absolute atomic E-state index is 10.9. The van der Waals surface area contributed by atoms with Crippen LogP contribution < -0.4 is 0 Å². The van der Waals surface area contributed by atoms with Gasteiger partial charge in [0.25, 0.3) is 0 Å². The van der Waals surface area contributed by atoms with Gasteiger partial charge in [0.1, 0.15) is 4.83 Å². The Hall–Kier alpha value is -1.66. The van der Waals surface area contributed by atoms with Crippen LogP contribution in [0.1, 0.15) is 25.7 Å². The lowest BCUT2D eigenvalue weighted by atomic mass is 10.1. The van der Waals surface area contributed by atoms with E-state index >= 15 is 0 Å². The lowest BCUT2D eigenvalue weighted by Gasteiger charge is -2.00. The van der Waals surface area contributed by atoms with Gasteiger partial charge in [-0.15, -0.1) is 11.3 Å². The van der Waals surface area contributed by atoms with Gasteiger partial charge in [0.05, 0.1) is 10.6 Å². The van der Waals surface area contributed by atoms with Gasteiger partial charge in [-0.1, -0.05) is 11.6 Å². The predicted molar refractivity (Wildman–Crippen MR) is 63.3 cm³/mol. The number of fused-ring (bicyclic) bond motifs is 1. The molecule has 0 bridgehead atoms. The van der Waals surface area contributed by atoms with Gasteiger partial charge >= 0.3 is 11.9 Å². The summed E-state index contributed by atoms with van der Waals surface area (Å²) in [6, 6.07) is 1.25. The van der Waals surface area contributed by atoms with Gasteiger partial charge in [0.15, 0.2) is 5.69 Å². The summed E-state index contributed by atoms with van der Waals surface area (Å²) in [7, 11) is 0. The van der Waals surface area contributed by atoms with Crippen molar-refractivity contribution in [1.29, 1.82) is 0 Å². The number of carboxylic acids is 2. The lowest BCUT2D eigenvalue weighted by Crippen LogP contribution is -2.10. The lowest BCUT2D eigenvalue weighted by molar-refractivity contribution is 0.0647. The molecule has 0 aliphatic rings. The summed E-state index contributed by atoms with van der Waals surface area (Å²) < 4.78 is 0. The Morgan fingerprint density at radius 2 is 2.00 bits per heavy atom. The van der Waals surface area contributed by atoms with Gasteiger partial charge in [-0.05, 0) is 13.0 Å². The highest BCUT2D eigenvalue weighted by atomic mass is 35.5. The van der Waals surface area contributed by atoms with Crippen LogP contribution in [0.25, 0.3) is 10.2 Å². The zero-order chi connectivity index (χ0) is 12.7. The van der Waals surface area contributed by atoms with Gasteiger partial charge in [-0.3, -0.25) is 0 Å². The van der Waals surface area contributed by atoms with E-state index in [1.807, 2.05) is 0 Å². The van der Waals surface area contributed by atoms with Gasteiger partial charge < -0.3 is 10.2 Å². The number of carboxylic acid groups (broad SMARTS) is 2. The largest absolute Gasteiger partial charge is 0.478 e. The van der Waals surface area contributed by atoms with Crippen molar-refractivity contribution in [1.82, 2.24) is 4.98 Å². The van der Waals surface area contributed by atoms with E-state index in [1.165, 1.54) is 17.4 Å². The van der Waals surface area contributed by atoms with Crippen molar-refractivity contribution in [2.75, 3.05) is 0 Å². The monoisotopic (exact) mass is 271 g/mol. The summed E-state index contributed by atoms with van der Waals surface area (Å²) in [5, 5.41) is 18.7. The highest BCUT2D eigenvalue weighted by Gasteiger charge is 2.21. The molecule has 2 aromatic heterocycles. The molecule has 0 amide bonds. The average molecular weight is 272 g/mol. The maximum Gasteiger partial charge on any atom is 0.355 e. The molecule has 2 rings (SSSR count). The van der Waals surface area contributed by atoms with Crippen molar-refractivity contribution in [3.8, 4) is 0 Å². The van der Waals surface area contributed by atoms with Crippen LogP contribution in [-0.2, 0) is 0 Å². The predicted octanol–water partition coefficient (Wildman–Crippen LogP) is 2.65. The second kappa shape index (κ2) is 3.97. The Bertz CT molecular complexity index is 649. The molecule has 0 atom stereocenters. The Morgan fingerprint density at radius 1 is 1.35 bits per heavy atom. The fourth-order valence-corrected chi connectivity index (χ4v) is 2.65. The number of rotatable bonds is 2. The van der Waals surface area contributed by atoms with E-state index in [1.54, 1.807) is 6.92 Å². The molecule has 17 heavy (non-hydrogen) atoms. The van der Waals surface area contributed by atoms with Gasteiger partial charge in [0.2, 0.25) is 0 Å². The van der Waals surface area contributed by atoms with Crippen molar-refractivity contribution in [3.63, 3.8) is 0 Å². The van der Waals surface area contributed by atoms with Crippen LogP contribution in [0.4, 0.5) is 0 Å². The molecular formula is C10H6ClNO4S. The standard InChI is InChI=1S/C10H6ClNO4S/c1-3-6(11)4-2-5(9(13)14)7(10(15)16)12-8(4)17-3/h2H,1H3,(H,13,14)(H,15,16). The Morgan fingerprint density at radius 3 is 2.53 bits per heavy atom. The number of carbonyl (C=O) groups is 2. The molecule has 0 saturated carbocycles. The minimum atomic E-state index is -1.37. The molecule has 88 valence electrons. The average Bonchev–Trinajstić information content (AvgIpc) is 2.53. The van der Waals surface area contributed by atoms with Gasteiger partial charge in [-0.25, -0.2) is 14.6 Å². The second-order valence-corrected chi connectivity index (χ2v) is 4.90. The Labute approximate surface area is 104 Å². The molecule has 2 heterocycles. The molecule has 2 aromatic rings. The number of nitrogens with zero attached hydrogens (tertiary/aromatic N) is 1. The van der Waals surface area contributed by atoms with E-state index in [4.69, 9.17) is 21.8 Å². The number of hydrogen-bond acceptors (Lipinski definition) is 4. The number of halogens is 1. The first kappa shape index (κ1) is 11.8. The van der Waals surface area contributed by atoms with Crippen molar-refractivity contribution >= 4 is 45.1 Å². The molecule has 0 aliphatic heterocycles. The van der Waals surface area contributed by atoms with Crippen molar-refractivity contribution in [2.45, 2.75) is 6.92 Å². The van der Waals surface area contributed by atoms with E-state index in [0.29, 0.717) is 15.2 Å². The molecule has 0 radical (unpaired) electrons.